The molecule has 0 radical (unpaired) electrons. The second-order valence-electron chi connectivity index (χ2n) is 5.76. The van der Waals surface area contributed by atoms with E-state index in [9.17, 15) is 13.2 Å². The largest absolute Gasteiger partial charge is 0.396 e. The number of aliphatic hydroxyl groups excluding tert-OH is 1. The van der Waals surface area contributed by atoms with Gasteiger partial charge in [0.1, 0.15) is 5.69 Å². The predicted octanol–water partition coefficient (Wildman–Crippen LogP) is 0.954. The molecule has 1 aromatic carbocycles. The molecule has 0 saturated heterocycles. The molecule has 0 unspecified atom stereocenters. The number of carbonyl (C=O) groups is 1. The molecule has 2 rings (SSSR count). The van der Waals surface area contributed by atoms with Crippen LogP contribution in [0.15, 0.2) is 18.2 Å². The van der Waals surface area contributed by atoms with Gasteiger partial charge in [0.15, 0.2) is 0 Å². The van der Waals surface area contributed by atoms with Gasteiger partial charge in [0.2, 0.25) is 10.0 Å². The number of benzene rings is 1. The van der Waals surface area contributed by atoms with Gasteiger partial charge in [-0.3, -0.25) is 13.8 Å². The number of hydrogen-bond donors (Lipinski definition) is 2. The van der Waals surface area contributed by atoms with Gasteiger partial charge in [-0.2, -0.15) is 5.10 Å². The number of nitrogens with zero attached hydrogens (tertiary/aromatic N) is 3. The normalized spacial score (nSPS) is 11.7. The smallest absolute Gasteiger partial charge is 0.269 e. The van der Waals surface area contributed by atoms with Gasteiger partial charge >= 0.3 is 0 Å². The Morgan fingerprint density at radius 3 is 2.68 bits per heavy atom. The van der Waals surface area contributed by atoms with Crippen LogP contribution in [0.4, 0.5) is 5.69 Å². The van der Waals surface area contributed by atoms with E-state index in [1.54, 1.807) is 29.9 Å². The van der Waals surface area contributed by atoms with Crippen LogP contribution in [0.5, 0.6) is 0 Å². The zero-order chi connectivity index (χ0) is 18.6. The van der Waals surface area contributed by atoms with Crippen LogP contribution in [0.25, 0.3) is 10.9 Å². The van der Waals surface area contributed by atoms with Gasteiger partial charge in [0.05, 0.1) is 17.5 Å². The molecule has 1 aromatic heterocycles. The van der Waals surface area contributed by atoms with Crippen LogP contribution in [0.1, 0.15) is 30.3 Å². The first kappa shape index (κ1) is 19.2. The molecule has 2 N–H and O–H groups in total. The van der Waals surface area contributed by atoms with Crippen LogP contribution in [0.3, 0.4) is 0 Å². The number of aliphatic hydroxyl groups is 1. The van der Waals surface area contributed by atoms with E-state index in [0.717, 1.165) is 12.7 Å². The van der Waals surface area contributed by atoms with Crippen LogP contribution < -0.4 is 9.62 Å². The molecular formula is C16H24N4O4S. The molecular weight excluding hydrogens is 344 g/mol. The molecule has 0 aliphatic heterocycles. The number of carbonyl (C=O) groups excluding carboxylic acids is 1. The van der Waals surface area contributed by atoms with Crippen LogP contribution in [-0.2, 0) is 16.6 Å². The van der Waals surface area contributed by atoms with Gasteiger partial charge in [0, 0.05) is 32.1 Å². The molecule has 2 aromatic rings. The number of anilines is 1. The number of nitrogens with one attached hydrogen (secondary N) is 1. The summed E-state index contributed by atoms with van der Waals surface area (Å²) in [6.07, 6.45) is 2.27. The molecule has 0 atom stereocenters. The van der Waals surface area contributed by atoms with Gasteiger partial charge in [-0.05, 0) is 31.0 Å². The van der Waals surface area contributed by atoms with Gasteiger partial charge in [-0.1, -0.05) is 6.92 Å². The third kappa shape index (κ3) is 4.10. The van der Waals surface area contributed by atoms with Crippen molar-refractivity contribution >= 4 is 32.5 Å². The Hall–Kier alpha value is -2.13. The van der Waals surface area contributed by atoms with Crippen LogP contribution in [-0.4, -0.2) is 55.7 Å². The fraction of sp³-hybridized carbons (Fsp3) is 0.500. The topological polar surface area (TPSA) is 105 Å². The third-order valence-corrected chi connectivity index (χ3v) is 5.00. The lowest BCUT2D eigenvalue weighted by atomic mass is 10.1. The first-order chi connectivity index (χ1) is 11.8. The lowest BCUT2D eigenvalue weighted by molar-refractivity contribution is 0.0954. The SMILES string of the molecule is CCCn1nc2cc(N(CCCO)S(C)(=O)=O)ccc2c1C(=O)NC. The first-order valence-corrected chi connectivity index (χ1v) is 9.99. The quantitative estimate of drug-likeness (QED) is 0.722. The first-order valence-electron chi connectivity index (χ1n) is 8.14. The minimum Gasteiger partial charge on any atom is -0.396 e. The Labute approximate surface area is 147 Å². The Morgan fingerprint density at radius 2 is 2.12 bits per heavy atom. The van der Waals surface area contributed by atoms with Gasteiger partial charge in [-0.15, -0.1) is 0 Å². The van der Waals surface area contributed by atoms with Gasteiger partial charge in [-0.25, -0.2) is 8.42 Å². The summed E-state index contributed by atoms with van der Waals surface area (Å²) in [7, 11) is -1.92. The van der Waals surface area contributed by atoms with E-state index in [4.69, 9.17) is 5.11 Å². The third-order valence-electron chi connectivity index (χ3n) is 3.81. The molecule has 138 valence electrons. The molecule has 9 heteroatoms. The summed E-state index contributed by atoms with van der Waals surface area (Å²) in [6, 6.07) is 5.03. The van der Waals surface area contributed by atoms with E-state index in [2.05, 4.69) is 10.4 Å². The van der Waals surface area contributed by atoms with Crippen molar-refractivity contribution in [3.63, 3.8) is 0 Å². The average molecular weight is 368 g/mol. The molecule has 0 saturated carbocycles. The number of aromatic nitrogens is 2. The zero-order valence-electron chi connectivity index (χ0n) is 14.7. The number of sulfonamides is 1. The molecule has 25 heavy (non-hydrogen) atoms. The molecule has 0 spiro atoms. The Morgan fingerprint density at radius 1 is 1.40 bits per heavy atom. The summed E-state index contributed by atoms with van der Waals surface area (Å²) in [4.78, 5) is 12.2. The van der Waals surface area contributed by atoms with Crippen LogP contribution >= 0.6 is 0 Å². The summed E-state index contributed by atoms with van der Waals surface area (Å²) in [6.45, 7) is 2.66. The average Bonchev–Trinajstić information content (AvgIpc) is 2.91. The molecule has 1 heterocycles. The van der Waals surface area contributed by atoms with E-state index in [1.807, 2.05) is 6.92 Å². The van der Waals surface area contributed by atoms with Crippen molar-refractivity contribution in [2.75, 3.05) is 30.8 Å². The van der Waals surface area contributed by atoms with Crippen LogP contribution in [0.2, 0.25) is 0 Å². The van der Waals surface area contributed by atoms with Gasteiger partial charge in [0.25, 0.3) is 5.91 Å². The van der Waals surface area contributed by atoms with Crippen molar-refractivity contribution in [1.29, 1.82) is 0 Å². The number of rotatable bonds is 8. The minimum absolute atomic E-state index is 0.0970. The summed E-state index contributed by atoms with van der Waals surface area (Å²) >= 11 is 0. The van der Waals surface area contributed by atoms with Crippen molar-refractivity contribution in [2.24, 2.45) is 0 Å². The maximum atomic E-state index is 12.2. The highest BCUT2D eigenvalue weighted by Crippen LogP contribution is 2.26. The Kier molecular flexibility index (Phi) is 6.02. The van der Waals surface area contributed by atoms with Crippen molar-refractivity contribution in [3.05, 3.63) is 23.9 Å². The maximum absolute atomic E-state index is 12.2. The maximum Gasteiger partial charge on any atom is 0.269 e. The van der Waals surface area contributed by atoms with Crippen molar-refractivity contribution < 1.29 is 18.3 Å². The highest BCUT2D eigenvalue weighted by molar-refractivity contribution is 7.92. The Bertz CT molecular complexity index is 860. The molecule has 0 bridgehead atoms. The number of amides is 1. The number of aryl methyl sites for hydroxylation is 1. The highest BCUT2D eigenvalue weighted by Gasteiger charge is 2.21. The summed E-state index contributed by atoms with van der Waals surface area (Å²) in [5.74, 6) is -0.232. The van der Waals surface area contributed by atoms with E-state index < -0.39 is 10.0 Å². The second kappa shape index (κ2) is 7.83. The fourth-order valence-electron chi connectivity index (χ4n) is 2.71. The van der Waals surface area contributed by atoms with E-state index in [0.29, 0.717) is 35.2 Å². The van der Waals surface area contributed by atoms with Crippen molar-refractivity contribution in [1.82, 2.24) is 15.1 Å². The highest BCUT2D eigenvalue weighted by atomic mass is 32.2. The number of hydrogen-bond acceptors (Lipinski definition) is 5. The molecule has 8 nitrogen and oxygen atoms in total. The van der Waals surface area contributed by atoms with Crippen LogP contribution in [0, 0.1) is 0 Å². The van der Waals surface area contributed by atoms with Crippen molar-refractivity contribution in [3.8, 4) is 0 Å². The molecule has 0 aliphatic rings. The summed E-state index contributed by atoms with van der Waals surface area (Å²) < 4.78 is 27.0. The van der Waals surface area contributed by atoms with E-state index in [1.165, 1.54) is 4.31 Å². The van der Waals surface area contributed by atoms with E-state index >= 15 is 0 Å². The predicted molar refractivity (Wildman–Crippen MR) is 97.3 cm³/mol. The summed E-state index contributed by atoms with van der Waals surface area (Å²) in [5.41, 5.74) is 1.49. The van der Waals surface area contributed by atoms with E-state index in [-0.39, 0.29) is 19.1 Å². The van der Waals surface area contributed by atoms with Gasteiger partial charge < -0.3 is 10.4 Å². The summed E-state index contributed by atoms with van der Waals surface area (Å²) in [5, 5.41) is 16.8. The standard InChI is InChI=1S/C16H24N4O4S/c1-4-8-19-15(16(22)17-2)13-7-6-12(11-14(13)18-19)20(9-5-10-21)25(3,23)24/h6-7,11,21H,4-5,8-10H2,1-3H3,(H,17,22). The second-order valence-corrected chi connectivity index (χ2v) is 7.67. The monoisotopic (exact) mass is 368 g/mol. The minimum atomic E-state index is -3.49. The lowest BCUT2D eigenvalue weighted by Gasteiger charge is -2.21. The zero-order valence-corrected chi connectivity index (χ0v) is 15.5. The van der Waals surface area contributed by atoms with Crippen molar-refractivity contribution in [2.45, 2.75) is 26.3 Å². The molecule has 0 fully saturated rings. The number of fused-ring (bicyclic) bond motifs is 1. The fourth-order valence-corrected chi connectivity index (χ4v) is 3.67. The molecule has 1 amide bonds. The Balaban J connectivity index is 2.57. The molecule has 0 aliphatic carbocycles. The lowest BCUT2D eigenvalue weighted by Crippen LogP contribution is -2.31.